The molecule has 3 N–H and O–H groups in total. The lowest BCUT2D eigenvalue weighted by atomic mass is 9.84. The Kier molecular flexibility index (Phi) is 10.5. The number of carbonyl (C=O) groups excluding carboxylic acids is 3. The number of methoxy groups -OCH3 is 1. The van der Waals surface area contributed by atoms with E-state index in [1.807, 2.05) is 44.2 Å². The molecule has 2 aliphatic heterocycles. The summed E-state index contributed by atoms with van der Waals surface area (Å²) in [7, 11) is 3.36. The van der Waals surface area contributed by atoms with E-state index in [1.54, 1.807) is 35.4 Å². The van der Waals surface area contributed by atoms with Crippen LogP contribution in [0.3, 0.4) is 0 Å². The summed E-state index contributed by atoms with van der Waals surface area (Å²) in [4.78, 5) is 58.4. The molecule has 1 atom stereocenters. The fourth-order valence-electron chi connectivity index (χ4n) is 9.14. The number of pyridine rings is 1. The quantitative estimate of drug-likeness (QED) is 0.162. The van der Waals surface area contributed by atoms with Crippen LogP contribution < -0.4 is 21.1 Å². The SMILES string of the molecule is COc1cc2nn(C3CCC(CN4CCC(c5cccc6c5n(C)c(=O)n6C5CCC(=O)NC5=O)CC4)CC3)cc2cc1NC(=O)c1cccc(C(C)(C)CO)n1. The van der Waals surface area contributed by atoms with E-state index in [1.165, 1.54) is 0 Å². The van der Waals surface area contributed by atoms with Gasteiger partial charge in [-0.15, -0.1) is 0 Å². The summed E-state index contributed by atoms with van der Waals surface area (Å²) in [5.41, 5.74) is 4.25. The minimum Gasteiger partial charge on any atom is -0.494 e. The van der Waals surface area contributed by atoms with Crippen LogP contribution in [-0.4, -0.2) is 85.0 Å². The predicted octanol–water partition coefficient (Wildman–Crippen LogP) is 5.20. The molecular weight excluding hydrogens is 725 g/mol. The third kappa shape index (κ3) is 7.48. The lowest BCUT2D eigenvalue weighted by Gasteiger charge is -2.37. The topological polar surface area (TPSA) is 166 Å². The van der Waals surface area contributed by atoms with E-state index in [0.29, 0.717) is 41.4 Å². The third-order valence-corrected chi connectivity index (χ3v) is 12.6. The van der Waals surface area contributed by atoms with Crippen molar-refractivity contribution in [2.75, 3.05) is 38.7 Å². The molecule has 14 nitrogen and oxygen atoms in total. The van der Waals surface area contributed by atoms with Gasteiger partial charge < -0.3 is 20.1 Å². The highest BCUT2D eigenvalue weighted by Gasteiger charge is 2.33. The number of nitrogens with one attached hydrogen (secondary N) is 2. The first-order chi connectivity index (χ1) is 27.4. The zero-order chi connectivity index (χ0) is 40.0. The number of aliphatic hydroxyl groups excluding tert-OH is 1. The van der Waals surface area contributed by atoms with Crippen molar-refractivity contribution < 1.29 is 24.2 Å². The van der Waals surface area contributed by atoms with Crippen molar-refractivity contribution in [3.05, 3.63) is 82.2 Å². The number of nitrogens with zero attached hydrogens (tertiary/aromatic N) is 6. The van der Waals surface area contributed by atoms with Crippen molar-refractivity contribution in [3.8, 4) is 5.75 Å². The number of likely N-dealkylation sites (tertiary alicyclic amines) is 1. The van der Waals surface area contributed by atoms with Crippen LogP contribution in [0, 0.1) is 5.92 Å². The molecule has 0 radical (unpaired) electrons. The molecule has 0 bridgehead atoms. The second kappa shape index (κ2) is 15.5. The summed E-state index contributed by atoms with van der Waals surface area (Å²) in [5.74, 6) is 0.393. The van der Waals surface area contributed by atoms with E-state index in [2.05, 4.69) is 37.5 Å². The van der Waals surface area contributed by atoms with Crippen LogP contribution >= 0.6 is 0 Å². The fourth-order valence-corrected chi connectivity index (χ4v) is 9.14. The second-order valence-electron chi connectivity index (χ2n) is 16.8. The van der Waals surface area contributed by atoms with Gasteiger partial charge in [-0.1, -0.05) is 32.0 Å². The van der Waals surface area contributed by atoms with Gasteiger partial charge in [0.25, 0.3) is 5.91 Å². The largest absolute Gasteiger partial charge is 0.494 e. The number of benzene rings is 2. The highest BCUT2D eigenvalue weighted by atomic mass is 16.5. The van der Waals surface area contributed by atoms with Crippen LogP contribution in [0.4, 0.5) is 5.69 Å². The standard InChI is InChI=1S/C43H52N8O6/c1-43(2,25-52)37-10-6-8-31(44-37)40(54)45-33-21-28-24-50(47-32(28)22-36(33)57-4)29-13-11-26(12-14-29)23-49-19-17-27(18-20-49)30-7-5-9-34-39(30)48(3)42(56)51(34)35-15-16-38(53)46-41(35)55/h5-10,21-22,24,26-27,29,35,52H,11-20,23,25H2,1-4H3,(H,45,54)(H,46,53,55). The number of imide groups is 1. The highest BCUT2D eigenvalue weighted by molar-refractivity contribution is 6.05. The number of imidazole rings is 1. The van der Waals surface area contributed by atoms with E-state index >= 15 is 0 Å². The number of hydrogen-bond donors (Lipinski definition) is 3. The summed E-state index contributed by atoms with van der Waals surface area (Å²) < 4.78 is 11.0. The number of aromatic nitrogens is 5. The molecule has 5 heterocycles. The zero-order valence-corrected chi connectivity index (χ0v) is 33.2. The minimum absolute atomic E-state index is 0.0845. The van der Waals surface area contributed by atoms with E-state index in [0.717, 1.165) is 85.7 Å². The maximum Gasteiger partial charge on any atom is 0.329 e. The molecule has 1 unspecified atom stereocenters. The summed E-state index contributed by atoms with van der Waals surface area (Å²) in [5, 5.41) is 21.0. The number of anilines is 1. The average molecular weight is 777 g/mol. The van der Waals surface area contributed by atoms with E-state index in [-0.39, 0.29) is 36.2 Å². The van der Waals surface area contributed by atoms with Gasteiger partial charge in [0, 0.05) is 48.8 Å². The lowest BCUT2D eigenvalue weighted by Crippen LogP contribution is -2.44. The van der Waals surface area contributed by atoms with Crippen LogP contribution in [0.2, 0.25) is 0 Å². The Bertz CT molecular complexity index is 2400. The molecule has 2 aromatic carbocycles. The van der Waals surface area contributed by atoms with Gasteiger partial charge in [0.1, 0.15) is 17.5 Å². The third-order valence-electron chi connectivity index (χ3n) is 12.6. The Balaban J connectivity index is 0.876. The first-order valence-corrected chi connectivity index (χ1v) is 20.2. The Labute approximate surface area is 331 Å². The number of rotatable bonds is 10. The molecule has 3 aromatic heterocycles. The van der Waals surface area contributed by atoms with Crippen molar-refractivity contribution in [2.24, 2.45) is 13.0 Å². The van der Waals surface area contributed by atoms with Gasteiger partial charge in [-0.05, 0) is 99.7 Å². The predicted molar refractivity (Wildman–Crippen MR) is 217 cm³/mol. The van der Waals surface area contributed by atoms with Gasteiger partial charge in [-0.2, -0.15) is 5.10 Å². The van der Waals surface area contributed by atoms with Crippen LogP contribution in [0.1, 0.15) is 105 Å². The molecule has 3 aliphatic rings. The normalized spacial score (nSPS) is 21.2. The monoisotopic (exact) mass is 776 g/mol. The van der Waals surface area contributed by atoms with Crippen molar-refractivity contribution in [3.63, 3.8) is 0 Å². The Morgan fingerprint density at radius 1 is 1.00 bits per heavy atom. The number of carbonyl (C=O) groups is 3. The van der Waals surface area contributed by atoms with Crippen molar-refractivity contribution in [2.45, 2.75) is 88.6 Å². The summed E-state index contributed by atoms with van der Waals surface area (Å²) in [6, 6.07) is 14.7. The summed E-state index contributed by atoms with van der Waals surface area (Å²) in [6.45, 7) is 6.75. The minimum atomic E-state index is -0.686. The molecule has 3 amide bonds. The second-order valence-corrected chi connectivity index (χ2v) is 16.8. The Hall–Kier alpha value is -5.34. The smallest absolute Gasteiger partial charge is 0.329 e. The number of amides is 3. The number of hydrogen-bond acceptors (Lipinski definition) is 9. The van der Waals surface area contributed by atoms with Crippen LogP contribution in [-0.2, 0) is 22.1 Å². The van der Waals surface area contributed by atoms with Gasteiger partial charge >= 0.3 is 5.69 Å². The molecule has 1 aliphatic carbocycles. The molecule has 8 rings (SSSR count). The van der Waals surface area contributed by atoms with E-state index < -0.39 is 17.4 Å². The molecule has 2 saturated heterocycles. The van der Waals surface area contributed by atoms with Gasteiger partial charge in [0.2, 0.25) is 11.8 Å². The first-order valence-electron chi connectivity index (χ1n) is 20.2. The van der Waals surface area contributed by atoms with E-state index in [9.17, 15) is 24.3 Å². The zero-order valence-electron chi connectivity index (χ0n) is 33.2. The molecule has 57 heavy (non-hydrogen) atoms. The molecular formula is C43H52N8O6. The summed E-state index contributed by atoms with van der Waals surface area (Å²) >= 11 is 0. The van der Waals surface area contributed by atoms with Crippen molar-refractivity contribution in [1.29, 1.82) is 0 Å². The first kappa shape index (κ1) is 38.5. The number of aliphatic hydroxyl groups is 1. The molecule has 300 valence electrons. The summed E-state index contributed by atoms with van der Waals surface area (Å²) in [6.07, 6.45) is 8.96. The van der Waals surface area contributed by atoms with Gasteiger partial charge in [0.15, 0.2) is 0 Å². The van der Waals surface area contributed by atoms with Gasteiger partial charge in [0.05, 0.1) is 42.0 Å². The number of aryl methyl sites for hydroxylation is 1. The number of fused-ring (bicyclic) bond motifs is 2. The Morgan fingerprint density at radius 3 is 2.47 bits per heavy atom. The highest BCUT2D eigenvalue weighted by Crippen LogP contribution is 2.38. The lowest BCUT2D eigenvalue weighted by molar-refractivity contribution is -0.135. The number of ether oxygens (including phenoxy) is 1. The molecule has 14 heteroatoms. The molecule has 3 fully saturated rings. The van der Waals surface area contributed by atoms with Crippen LogP contribution in [0.25, 0.3) is 21.9 Å². The molecule has 5 aromatic rings. The van der Waals surface area contributed by atoms with Gasteiger partial charge in [-0.25, -0.2) is 9.78 Å². The Morgan fingerprint density at radius 2 is 1.75 bits per heavy atom. The van der Waals surface area contributed by atoms with Crippen molar-refractivity contribution >= 4 is 45.3 Å². The van der Waals surface area contributed by atoms with Crippen LogP contribution in [0.5, 0.6) is 5.75 Å². The molecule has 1 saturated carbocycles. The maximum absolute atomic E-state index is 13.5. The van der Waals surface area contributed by atoms with E-state index in [4.69, 9.17) is 9.84 Å². The average Bonchev–Trinajstić information content (AvgIpc) is 3.75. The molecule has 0 spiro atoms. The van der Waals surface area contributed by atoms with Crippen LogP contribution in [0.15, 0.2) is 59.5 Å². The number of piperidine rings is 2. The fraction of sp³-hybridized carbons (Fsp3) is 0.488. The van der Waals surface area contributed by atoms with Crippen molar-refractivity contribution in [1.82, 2.24) is 34.1 Å². The maximum atomic E-state index is 13.5. The number of para-hydroxylation sites is 1. The van der Waals surface area contributed by atoms with Gasteiger partial charge in [-0.3, -0.25) is 33.5 Å².